The average Bonchev–Trinajstić information content (AvgIpc) is 2.62. The highest BCUT2D eigenvalue weighted by Crippen LogP contribution is 2.18. The molecule has 2 N–H and O–H groups in total. The van der Waals surface area contributed by atoms with Gasteiger partial charge in [0.05, 0.1) is 7.11 Å². The molecule has 2 atom stereocenters. The van der Waals surface area contributed by atoms with E-state index in [1.807, 2.05) is 25.1 Å². The second-order valence-corrected chi connectivity index (χ2v) is 6.95. The number of ether oxygens (including phenoxy) is 1. The van der Waals surface area contributed by atoms with Crippen molar-refractivity contribution in [3.05, 3.63) is 29.8 Å². The summed E-state index contributed by atoms with van der Waals surface area (Å²) in [5.74, 6) is 0.848. The Bertz CT molecular complexity index is 535. The molecule has 1 aliphatic rings. The van der Waals surface area contributed by atoms with E-state index in [1.54, 1.807) is 7.11 Å². The van der Waals surface area contributed by atoms with Crippen molar-refractivity contribution in [2.45, 2.75) is 58.0 Å². The molecule has 0 aromatic heterocycles. The first-order valence-electron chi connectivity index (χ1n) is 9.53. The summed E-state index contributed by atoms with van der Waals surface area (Å²) in [7, 11) is 1.67. The van der Waals surface area contributed by atoms with E-state index in [-0.39, 0.29) is 12.1 Å². The Morgan fingerprint density at radius 3 is 3.00 bits per heavy atom. The van der Waals surface area contributed by atoms with Gasteiger partial charge in [-0.25, -0.2) is 4.79 Å². The SMILES string of the molecule is CCC1CCCCN1CCNC(=O)NC(C)Cc1cccc(OC)c1. The summed E-state index contributed by atoms with van der Waals surface area (Å²) in [4.78, 5) is 14.6. The molecule has 0 saturated carbocycles. The predicted octanol–water partition coefficient (Wildman–Crippen LogP) is 3.19. The Labute approximate surface area is 152 Å². The van der Waals surface area contributed by atoms with Crippen molar-refractivity contribution in [3.63, 3.8) is 0 Å². The number of benzene rings is 1. The molecule has 0 aliphatic carbocycles. The molecule has 1 aliphatic heterocycles. The Hall–Kier alpha value is -1.75. The number of carbonyl (C=O) groups excluding carboxylic acids is 1. The molecule has 5 heteroatoms. The lowest BCUT2D eigenvalue weighted by Gasteiger charge is -2.35. The minimum Gasteiger partial charge on any atom is -0.497 e. The van der Waals surface area contributed by atoms with Gasteiger partial charge in [-0.05, 0) is 56.8 Å². The normalized spacial score (nSPS) is 19.2. The zero-order valence-corrected chi connectivity index (χ0v) is 15.9. The number of amides is 2. The molecule has 2 rings (SSSR count). The van der Waals surface area contributed by atoms with E-state index in [2.05, 4.69) is 28.5 Å². The first-order chi connectivity index (χ1) is 12.1. The molecule has 0 radical (unpaired) electrons. The van der Waals surface area contributed by atoms with Gasteiger partial charge in [0.15, 0.2) is 0 Å². The van der Waals surface area contributed by atoms with E-state index in [0.717, 1.165) is 30.8 Å². The smallest absolute Gasteiger partial charge is 0.315 e. The Morgan fingerprint density at radius 1 is 1.40 bits per heavy atom. The van der Waals surface area contributed by atoms with Gasteiger partial charge < -0.3 is 15.4 Å². The number of carbonyl (C=O) groups is 1. The maximum Gasteiger partial charge on any atom is 0.315 e. The van der Waals surface area contributed by atoms with Crippen LogP contribution < -0.4 is 15.4 Å². The van der Waals surface area contributed by atoms with Gasteiger partial charge in [0.1, 0.15) is 5.75 Å². The van der Waals surface area contributed by atoms with E-state index < -0.39 is 0 Å². The highest BCUT2D eigenvalue weighted by atomic mass is 16.5. The van der Waals surface area contributed by atoms with E-state index in [4.69, 9.17) is 4.74 Å². The summed E-state index contributed by atoms with van der Waals surface area (Å²) in [5.41, 5.74) is 1.16. The zero-order valence-electron chi connectivity index (χ0n) is 15.9. The molecular formula is C20H33N3O2. The van der Waals surface area contributed by atoms with Gasteiger partial charge in [0.25, 0.3) is 0 Å². The number of likely N-dealkylation sites (tertiary alicyclic amines) is 1. The molecule has 140 valence electrons. The van der Waals surface area contributed by atoms with Gasteiger partial charge in [0.2, 0.25) is 0 Å². The van der Waals surface area contributed by atoms with Gasteiger partial charge in [-0.3, -0.25) is 4.90 Å². The first-order valence-corrected chi connectivity index (χ1v) is 9.53. The third-order valence-corrected chi connectivity index (χ3v) is 4.96. The van der Waals surface area contributed by atoms with Crippen LogP contribution in [-0.4, -0.2) is 49.8 Å². The van der Waals surface area contributed by atoms with Crippen LogP contribution in [0.1, 0.15) is 45.1 Å². The molecule has 25 heavy (non-hydrogen) atoms. The van der Waals surface area contributed by atoms with Crippen molar-refractivity contribution >= 4 is 6.03 Å². The molecule has 2 unspecified atom stereocenters. The molecular weight excluding hydrogens is 314 g/mol. The molecule has 2 amide bonds. The van der Waals surface area contributed by atoms with Crippen LogP contribution in [0, 0.1) is 0 Å². The van der Waals surface area contributed by atoms with Gasteiger partial charge in [-0.2, -0.15) is 0 Å². The molecule has 1 saturated heterocycles. The van der Waals surface area contributed by atoms with Gasteiger partial charge in [0, 0.05) is 25.2 Å². The lowest BCUT2D eigenvalue weighted by molar-refractivity contribution is 0.145. The minimum atomic E-state index is -0.0829. The third-order valence-electron chi connectivity index (χ3n) is 4.96. The summed E-state index contributed by atoms with van der Waals surface area (Å²) in [6.45, 7) is 7.08. The van der Waals surface area contributed by atoms with Crippen molar-refractivity contribution in [1.82, 2.24) is 15.5 Å². The largest absolute Gasteiger partial charge is 0.497 e. The number of hydrogen-bond acceptors (Lipinski definition) is 3. The van der Waals surface area contributed by atoms with Crippen LogP contribution in [0.25, 0.3) is 0 Å². The van der Waals surface area contributed by atoms with E-state index in [9.17, 15) is 4.79 Å². The number of urea groups is 1. The summed E-state index contributed by atoms with van der Waals surface area (Å²) in [6.07, 6.45) is 5.89. The molecule has 1 aromatic carbocycles. The standard InChI is InChI=1S/C20H33N3O2/c1-4-18-9-5-6-12-23(18)13-11-21-20(24)22-16(2)14-17-8-7-10-19(15-17)25-3/h7-8,10,15-16,18H,4-6,9,11-14H2,1-3H3,(H2,21,22,24). The number of hydrogen-bond donors (Lipinski definition) is 2. The fourth-order valence-corrected chi connectivity index (χ4v) is 3.61. The number of nitrogens with one attached hydrogen (secondary N) is 2. The second kappa shape index (κ2) is 10.3. The highest BCUT2D eigenvalue weighted by Gasteiger charge is 2.20. The third kappa shape index (κ3) is 6.58. The van der Waals surface area contributed by atoms with Crippen LogP contribution in [-0.2, 0) is 6.42 Å². The second-order valence-electron chi connectivity index (χ2n) is 6.95. The number of rotatable bonds is 8. The van der Waals surface area contributed by atoms with Crippen LogP contribution in [0.15, 0.2) is 24.3 Å². The number of nitrogens with zero attached hydrogens (tertiary/aromatic N) is 1. The maximum atomic E-state index is 12.1. The summed E-state index contributed by atoms with van der Waals surface area (Å²) in [5, 5.41) is 6.02. The highest BCUT2D eigenvalue weighted by molar-refractivity contribution is 5.74. The van der Waals surface area contributed by atoms with Crippen LogP contribution in [0.2, 0.25) is 0 Å². The van der Waals surface area contributed by atoms with E-state index >= 15 is 0 Å². The Morgan fingerprint density at radius 2 is 2.24 bits per heavy atom. The molecule has 1 aromatic rings. The number of piperidine rings is 1. The van der Waals surface area contributed by atoms with Crippen LogP contribution in [0.5, 0.6) is 5.75 Å². The summed E-state index contributed by atoms with van der Waals surface area (Å²) >= 11 is 0. The summed E-state index contributed by atoms with van der Waals surface area (Å²) in [6, 6.07) is 8.65. The molecule has 1 heterocycles. The van der Waals surface area contributed by atoms with Crippen LogP contribution in [0.4, 0.5) is 4.79 Å². The molecule has 5 nitrogen and oxygen atoms in total. The quantitative estimate of drug-likeness (QED) is 0.759. The van der Waals surface area contributed by atoms with Crippen molar-refractivity contribution < 1.29 is 9.53 Å². The lowest BCUT2D eigenvalue weighted by atomic mass is 10.0. The van der Waals surface area contributed by atoms with Gasteiger partial charge >= 0.3 is 6.03 Å². The van der Waals surface area contributed by atoms with Crippen LogP contribution >= 0.6 is 0 Å². The number of methoxy groups -OCH3 is 1. The zero-order chi connectivity index (χ0) is 18.1. The van der Waals surface area contributed by atoms with Crippen molar-refractivity contribution in [2.24, 2.45) is 0 Å². The Kier molecular flexibility index (Phi) is 8.06. The lowest BCUT2D eigenvalue weighted by Crippen LogP contribution is -2.47. The van der Waals surface area contributed by atoms with Crippen molar-refractivity contribution in [2.75, 3.05) is 26.7 Å². The van der Waals surface area contributed by atoms with Crippen molar-refractivity contribution in [3.8, 4) is 5.75 Å². The monoisotopic (exact) mass is 347 g/mol. The topological polar surface area (TPSA) is 53.6 Å². The molecule has 1 fully saturated rings. The van der Waals surface area contributed by atoms with Gasteiger partial charge in [-0.15, -0.1) is 0 Å². The fourth-order valence-electron chi connectivity index (χ4n) is 3.61. The first kappa shape index (κ1) is 19.6. The molecule has 0 spiro atoms. The summed E-state index contributed by atoms with van der Waals surface area (Å²) < 4.78 is 5.24. The average molecular weight is 348 g/mol. The molecule has 0 bridgehead atoms. The minimum absolute atomic E-state index is 0.0745. The maximum absolute atomic E-state index is 12.1. The van der Waals surface area contributed by atoms with E-state index in [1.165, 1.54) is 25.7 Å². The Balaban J connectivity index is 1.68. The van der Waals surface area contributed by atoms with Crippen LogP contribution in [0.3, 0.4) is 0 Å². The van der Waals surface area contributed by atoms with E-state index in [0.29, 0.717) is 12.6 Å². The fraction of sp³-hybridized carbons (Fsp3) is 0.650. The van der Waals surface area contributed by atoms with Crippen molar-refractivity contribution in [1.29, 1.82) is 0 Å². The van der Waals surface area contributed by atoms with Gasteiger partial charge in [-0.1, -0.05) is 25.5 Å². The predicted molar refractivity (Wildman–Crippen MR) is 102 cm³/mol.